The average Bonchev–Trinajstić information content (AvgIpc) is 2.35. The summed E-state index contributed by atoms with van der Waals surface area (Å²) in [4.78, 5) is 0. The van der Waals surface area contributed by atoms with Crippen molar-refractivity contribution in [3.63, 3.8) is 0 Å². The van der Waals surface area contributed by atoms with Gasteiger partial charge in [0.1, 0.15) is 0 Å². The third-order valence-corrected chi connectivity index (χ3v) is 2.19. The van der Waals surface area contributed by atoms with Gasteiger partial charge in [0, 0.05) is 0 Å². The molecule has 0 saturated heterocycles. The van der Waals surface area contributed by atoms with E-state index in [9.17, 15) is 0 Å². The second-order valence-corrected chi connectivity index (χ2v) is 2.98. The van der Waals surface area contributed by atoms with Crippen LogP contribution in [0.5, 0.6) is 0 Å². The van der Waals surface area contributed by atoms with Gasteiger partial charge in [-0.05, 0) is 30.4 Å². The maximum atomic E-state index is 2.26. The maximum Gasteiger partial charge on any atom is -0.00915 e. The molecular formula is C11H12. The third-order valence-electron chi connectivity index (χ3n) is 2.19. The molecule has 0 aromatic rings. The van der Waals surface area contributed by atoms with Gasteiger partial charge in [-0.15, -0.1) is 0 Å². The standard InChI is InChI=1S/C11H12/c1-2-4-7-11-9-5-8-10(11)6-3-1/h1-3,5-6,9H,4,7-8H2/b2-1-,6-3-. The quantitative estimate of drug-likeness (QED) is 0.490. The maximum absolute atomic E-state index is 2.26. The normalized spacial score (nSPS) is 27.6. The van der Waals surface area contributed by atoms with E-state index in [1.807, 2.05) is 0 Å². The SMILES string of the molecule is C1=CC2=C(/C=C\C=C/CC2)C1. The lowest BCUT2D eigenvalue weighted by Gasteiger charge is -2.02. The summed E-state index contributed by atoms with van der Waals surface area (Å²) in [7, 11) is 0. The van der Waals surface area contributed by atoms with E-state index >= 15 is 0 Å². The van der Waals surface area contributed by atoms with Gasteiger partial charge in [-0.2, -0.15) is 0 Å². The highest BCUT2D eigenvalue weighted by Gasteiger charge is 2.05. The minimum absolute atomic E-state index is 1.14. The van der Waals surface area contributed by atoms with Crippen LogP contribution in [0.1, 0.15) is 19.3 Å². The van der Waals surface area contributed by atoms with Gasteiger partial charge >= 0.3 is 0 Å². The lowest BCUT2D eigenvalue weighted by molar-refractivity contribution is 0.994. The van der Waals surface area contributed by atoms with Crippen molar-refractivity contribution < 1.29 is 0 Å². The van der Waals surface area contributed by atoms with Crippen molar-refractivity contribution in [3.05, 3.63) is 47.6 Å². The summed E-state index contributed by atoms with van der Waals surface area (Å²) in [6, 6.07) is 0. The second kappa shape index (κ2) is 2.91. The summed E-state index contributed by atoms with van der Waals surface area (Å²) >= 11 is 0. The van der Waals surface area contributed by atoms with Crippen molar-refractivity contribution in [1.29, 1.82) is 0 Å². The van der Waals surface area contributed by atoms with Crippen molar-refractivity contribution >= 4 is 0 Å². The molecule has 0 saturated carbocycles. The predicted molar refractivity (Wildman–Crippen MR) is 48.3 cm³/mol. The topological polar surface area (TPSA) is 0 Å². The largest absolute Gasteiger partial charge is 0.0842 e. The van der Waals surface area contributed by atoms with E-state index in [1.165, 1.54) is 24.0 Å². The molecule has 0 aromatic heterocycles. The fourth-order valence-corrected chi connectivity index (χ4v) is 1.57. The Morgan fingerprint density at radius 1 is 0.909 bits per heavy atom. The van der Waals surface area contributed by atoms with Gasteiger partial charge < -0.3 is 0 Å². The molecule has 0 amide bonds. The minimum atomic E-state index is 1.14. The Kier molecular flexibility index (Phi) is 1.76. The van der Waals surface area contributed by atoms with Crippen molar-refractivity contribution in [1.82, 2.24) is 0 Å². The van der Waals surface area contributed by atoms with Crippen LogP contribution in [0, 0.1) is 0 Å². The van der Waals surface area contributed by atoms with Crippen molar-refractivity contribution in [2.45, 2.75) is 19.3 Å². The number of allylic oxidation sites excluding steroid dienone is 8. The summed E-state index contributed by atoms with van der Waals surface area (Å²) in [5.41, 5.74) is 3.04. The van der Waals surface area contributed by atoms with Crippen molar-refractivity contribution in [2.24, 2.45) is 0 Å². The van der Waals surface area contributed by atoms with E-state index < -0.39 is 0 Å². The molecule has 0 atom stereocenters. The molecule has 0 heterocycles. The summed E-state index contributed by atoms with van der Waals surface area (Å²) in [6.45, 7) is 0. The molecule has 11 heavy (non-hydrogen) atoms. The molecule has 0 heteroatoms. The molecule has 56 valence electrons. The Morgan fingerprint density at radius 3 is 2.91 bits per heavy atom. The first kappa shape index (κ1) is 6.66. The Bertz CT molecular complexity index is 262. The Morgan fingerprint density at radius 2 is 1.91 bits per heavy atom. The number of hydrogen-bond acceptors (Lipinski definition) is 0. The zero-order valence-corrected chi connectivity index (χ0v) is 6.59. The van der Waals surface area contributed by atoms with E-state index in [2.05, 4.69) is 36.5 Å². The Hall–Kier alpha value is -1.04. The molecule has 0 nitrogen and oxygen atoms in total. The zero-order valence-electron chi connectivity index (χ0n) is 6.59. The van der Waals surface area contributed by atoms with E-state index in [4.69, 9.17) is 0 Å². The highest BCUT2D eigenvalue weighted by atomic mass is 14.1. The van der Waals surface area contributed by atoms with E-state index in [-0.39, 0.29) is 0 Å². The number of hydrogen-bond donors (Lipinski definition) is 0. The fraction of sp³-hybridized carbons (Fsp3) is 0.273. The summed E-state index contributed by atoms with van der Waals surface area (Å²) in [5.74, 6) is 0. The van der Waals surface area contributed by atoms with Crippen LogP contribution < -0.4 is 0 Å². The first-order chi connectivity index (χ1) is 5.47. The molecule has 0 aliphatic heterocycles. The van der Waals surface area contributed by atoms with E-state index in [0.29, 0.717) is 0 Å². The lowest BCUT2D eigenvalue weighted by Crippen LogP contribution is -1.82. The van der Waals surface area contributed by atoms with Gasteiger partial charge in [-0.25, -0.2) is 0 Å². The minimum Gasteiger partial charge on any atom is -0.0842 e. The van der Waals surface area contributed by atoms with Crippen LogP contribution in [-0.4, -0.2) is 0 Å². The summed E-state index contributed by atoms with van der Waals surface area (Å²) < 4.78 is 0. The van der Waals surface area contributed by atoms with Crippen LogP contribution in [-0.2, 0) is 0 Å². The highest BCUT2D eigenvalue weighted by molar-refractivity contribution is 5.41. The smallest absolute Gasteiger partial charge is 0.00915 e. The van der Waals surface area contributed by atoms with Gasteiger partial charge in [0.05, 0.1) is 0 Å². The molecule has 2 aliphatic carbocycles. The predicted octanol–water partition coefficient (Wildman–Crippen LogP) is 3.15. The molecule has 0 radical (unpaired) electrons. The molecule has 0 spiro atoms. The third kappa shape index (κ3) is 1.35. The summed E-state index contributed by atoms with van der Waals surface area (Å²) in [6.07, 6.45) is 16.8. The molecule has 0 aromatic carbocycles. The second-order valence-electron chi connectivity index (χ2n) is 2.98. The molecule has 2 rings (SSSR count). The lowest BCUT2D eigenvalue weighted by atomic mass is 10.0. The first-order valence-corrected chi connectivity index (χ1v) is 4.18. The van der Waals surface area contributed by atoms with Crippen LogP contribution in [0.3, 0.4) is 0 Å². The monoisotopic (exact) mass is 144 g/mol. The fourth-order valence-electron chi connectivity index (χ4n) is 1.57. The molecule has 2 aliphatic rings. The van der Waals surface area contributed by atoms with Crippen LogP contribution in [0.4, 0.5) is 0 Å². The van der Waals surface area contributed by atoms with Crippen LogP contribution in [0.15, 0.2) is 47.6 Å². The van der Waals surface area contributed by atoms with Crippen LogP contribution in [0.25, 0.3) is 0 Å². The van der Waals surface area contributed by atoms with Gasteiger partial charge in [-0.1, -0.05) is 36.5 Å². The van der Waals surface area contributed by atoms with Crippen molar-refractivity contribution in [2.75, 3.05) is 0 Å². The van der Waals surface area contributed by atoms with Crippen LogP contribution >= 0.6 is 0 Å². The zero-order chi connectivity index (χ0) is 7.52. The van der Waals surface area contributed by atoms with Gasteiger partial charge in [0.15, 0.2) is 0 Å². The van der Waals surface area contributed by atoms with E-state index in [0.717, 1.165) is 6.42 Å². The highest BCUT2D eigenvalue weighted by Crippen LogP contribution is 2.25. The molecular weight excluding hydrogens is 132 g/mol. The van der Waals surface area contributed by atoms with Gasteiger partial charge in [0.2, 0.25) is 0 Å². The summed E-state index contributed by atoms with van der Waals surface area (Å²) in [5, 5.41) is 0. The molecule has 0 fully saturated rings. The van der Waals surface area contributed by atoms with Crippen molar-refractivity contribution in [3.8, 4) is 0 Å². The molecule has 0 N–H and O–H groups in total. The van der Waals surface area contributed by atoms with Gasteiger partial charge in [-0.3, -0.25) is 0 Å². The molecule has 0 unspecified atom stereocenters. The van der Waals surface area contributed by atoms with E-state index in [1.54, 1.807) is 0 Å². The van der Waals surface area contributed by atoms with Crippen LogP contribution in [0.2, 0.25) is 0 Å². The number of rotatable bonds is 0. The average molecular weight is 144 g/mol. The first-order valence-electron chi connectivity index (χ1n) is 4.18. The molecule has 0 bridgehead atoms. The van der Waals surface area contributed by atoms with Gasteiger partial charge in [0.25, 0.3) is 0 Å². The Labute approximate surface area is 67.6 Å². The Balaban J connectivity index is 2.28.